The first-order chi connectivity index (χ1) is 13.5. The fourth-order valence-electron chi connectivity index (χ4n) is 2.83. The van der Waals surface area contributed by atoms with E-state index < -0.39 is 5.97 Å². The summed E-state index contributed by atoms with van der Waals surface area (Å²) in [5, 5.41) is 10.5. The normalized spacial score (nSPS) is 10.8. The average Bonchev–Trinajstić information content (AvgIpc) is 3.33. The number of nitrogens with zero attached hydrogens (tertiary/aromatic N) is 1. The predicted octanol–water partition coefficient (Wildman–Crippen LogP) is 5.09. The maximum atomic E-state index is 12.2. The lowest BCUT2D eigenvalue weighted by Crippen LogP contribution is -2.09. The summed E-state index contributed by atoms with van der Waals surface area (Å²) in [5.74, 6) is -0.616. The smallest absolute Gasteiger partial charge is 0.359 e. The number of anilines is 1. The Hall–Kier alpha value is -2.97. The molecule has 8 heteroatoms. The van der Waals surface area contributed by atoms with E-state index >= 15 is 0 Å². The maximum Gasteiger partial charge on any atom is 0.359 e. The number of halogens is 1. The fourth-order valence-corrected chi connectivity index (χ4v) is 4.11. The topological polar surface area (TPSA) is 84.1 Å². The van der Waals surface area contributed by atoms with Gasteiger partial charge in [-0.1, -0.05) is 18.2 Å². The molecule has 0 aliphatic heterocycles. The van der Waals surface area contributed by atoms with Crippen LogP contribution in [0.4, 0.5) is 5.69 Å². The molecule has 0 radical (unpaired) electrons. The molecule has 2 aromatic heterocycles. The van der Waals surface area contributed by atoms with Gasteiger partial charge in [0, 0.05) is 11.1 Å². The molecule has 2 heterocycles. The molecule has 6 nitrogen and oxygen atoms in total. The standard InChI is InChI=1S/C20H14BrN3O3S/c1-27-20(26)18-14-7-4-12(10-15(14)23-24-18)11-2-5-13(6-3-11)22-19(25)16-8-9-17(21)28-16/h2-10H,1H3,(H,22,25)(H,23,24). The van der Waals surface area contributed by atoms with Crippen LogP contribution in [0.3, 0.4) is 0 Å². The second kappa shape index (κ2) is 7.57. The Labute approximate surface area is 172 Å². The lowest BCUT2D eigenvalue weighted by Gasteiger charge is -2.06. The summed E-state index contributed by atoms with van der Waals surface area (Å²) in [4.78, 5) is 24.6. The van der Waals surface area contributed by atoms with E-state index in [9.17, 15) is 9.59 Å². The molecule has 2 aromatic carbocycles. The van der Waals surface area contributed by atoms with Crippen LogP contribution in [0.15, 0.2) is 58.4 Å². The summed E-state index contributed by atoms with van der Waals surface area (Å²) in [6, 6.07) is 16.9. The number of esters is 1. The molecule has 140 valence electrons. The minimum absolute atomic E-state index is 0.141. The van der Waals surface area contributed by atoms with Crippen LogP contribution in [0, 0.1) is 0 Å². The average molecular weight is 456 g/mol. The number of thiophene rings is 1. The SMILES string of the molecule is COC(=O)c1n[nH]c2cc(-c3ccc(NC(=O)c4ccc(Br)s4)cc3)ccc12. The number of rotatable bonds is 4. The predicted molar refractivity (Wildman–Crippen MR) is 113 cm³/mol. The fraction of sp³-hybridized carbons (Fsp3) is 0.0500. The first-order valence-electron chi connectivity index (χ1n) is 8.29. The Morgan fingerprint density at radius 1 is 1.07 bits per heavy atom. The van der Waals surface area contributed by atoms with E-state index in [2.05, 4.69) is 31.4 Å². The molecule has 0 saturated heterocycles. The quantitative estimate of drug-likeness (QED) is 0.419. The second-order valence-corrected chi connectivity index (χ2v) is 8.42. The van der Waals surface area contributed by atoms with E-state index in [0.29, 0.717) is 16.0 Å². The van der Waals surface area contributed by atoms with Crippen molar-refractivity contribution in [3.8, 4) is 11.1 Å². The van der Waals surface area contributed by atoms with Crippen LogP contribution in [0.1, 0.15) is 20.2 Å². The first-order valence-corrected chi connectivity index (χ1v) is 9.89. The third-order valence-electron chi connectivity index (χ3n) is 4.21. The third kappa shape index (κ3) is 3.56. The van der Waals surface area contributed by atoms with Gasteiger partial charge >= 0.3 is 5.97 Å². The number of aromatic nitrogens is 2. The van der Waals surface area contributed by atoms with Crippen molar-refractivity contribution in [2.24, 2.45) is 0 Å². The maximum absolute atomic E-state index is 12.2. The molecule has 0 fully saturated rings. The molecule has 0 bridgehead atoms. The lowest BCUT2D eigenvalue weighted by molar-refractivity contribution is 0.0596. The molecular weight excluding hydrogens is 442 g/mol. The Balaban J connectivity index is 1.55. The van der Waals surface area contributed by atoms with Crippen LogP contribution >= 0.6 is 27.3 Å². The highest BCUT2D eigenvalue weighted by Gasteiger charge is 2.15. The number of benzene rings is 2. The van der Waals surface area contributed by atoms with E-state index in [4.69, 9.17) is 4.74 Å². The van der Waals surface area contributed by atoms with Gasteiger partial charge < -0.3 is 10.1 Å². The molecule has 0 aliphatic carbocycles. The molecule has 0 saturated carbocycles. The summed E-state index contributed by atoms with van der Waals surface area (Å²) >= 11 is 4.74. The molecule has 0 atom stereocenters. The van der Waals surface area contributed by atoms with Crippen LogP contribution in [0.25, 0.3) is 22.0 Å². The monoisotopic (exact) mass is 455 g/mol. The van der Waals surface area contributed by atoms with Crippen molar-refractivity contribution in [3.05, 3.63) is 69.0 Å². The number of hydrogen-bond donors (Lipinski definition) is 2. The first kappa shape index (κ1) is 18.4. The highest BCUT2D eigenvalue weighted by molar-refractivity contribution is 9.11. The Morgan fingerprint density at radius 3 is 2.50 bits per heavy atom. The molecule has 0 spiro atoms. The molecule has 2 N–H and O–H groups in total. The Bertz CT molecular complexity index is 1180. The number of aromatic amines is 1. The van der Waals surface area contributed by atoms with Crippen LogP contribution < -0.4 is 5.32 Å². The van der Waals surface area contributed by atoms with Gasteiger partial charge in [-0.15, -0.1) is 11.3 Å². The van der Waals surface area contributed by atoms with Gasteiger partial charge in [0.15, 0.2) is 5.69 Å². The van der Waals surface area contributed by atoms with Gasteiger partial charge in [-0.2, -0.15) is 5.10 Å². The molecule has 4 rings (SSSR count). The molecule has 0 unspecified atom stereocenters. The Morgan fingerprint density at radius 2 is 1.82 bits per heavy atom. The van der Waals surface area contributed by atoms with Crippen molar-refractivity contribution in [2.75, 3.05) is 12.4 Å². The highest BCUT2D eigenvalue weighted by atomic mass is 79.9. The van der Waals surface area contributed by atoms with Crippen LogP contribution in [-0.4, -0.2) is 29.2 Å². The third-order valence-corrected chi connectivity index (χ3v) is 5.84. The zero-order valence-electron chi connectivity index (χ0n) is 14.7. The summed E-state index contributed by atoms with van der Waals surface area (Å²) in [5.41, 5.74) is 3.68. The number of hydrogen-bond acceptors (Lipinski definition) is 5. The van der Waals surface area contributed by atoms with Gasteiger partial charge in [-0.3, -0.25) is 9.89 Å². The second-order valence-electron chi connectivity index (χ2n) is 5.96. The lowest BCUT2D eigenvalue weighted by atomic mass is 10.0. The van der Waals surface area contributed by atoms with Crippen molar-refractivity contribution >= 4 is 55.7 Å². The van der Waals surface area contributed by atoms with Crippen molar-refractivity contribution in [2.45, 2.75) is 0 Å². The molecule has 28 heavy (non-hydrogen) atoms. The number of H-pyrrole nitrogens is 1. The summed E-state index contributed by atoms with van der Waals surface area (Å²) < 4.78 is 5.65. The van der Waals surface area contributed by atoms with Gasteiger partial charge in [-0.25, -0.2) is 4.79 Å². The number of carbonyl (C=O) groups is 2. The zero-order valence-corrected chi connectivity index (χ0v) is 17.1. The van der Waals surface area contributed by atoms with Crippen LogP contribution in [0.2, 0.25) is 0 Å². The summed E-state index contributed by atoms with van der Waals surface area (Å²) in [6.07, 6.45) is 0. The molecule has 1 amide bonds. The minimum Gasteiger partial charge on any atom is -0.464 e. The highest BCUT2D eigenvalue weighted by Crippen LogP contribution is 2.27. The molecular formula is C20H14BrN3O3S. The summed E-state index contributed by atoms with van der Waals surface area (Å²) in [6.45, 7) is 0. The number of ether oxygens (including phenoxy) is 1. The van der Waals surface area contributed by atoms with E-state index in [1.54, 1.807) is 6.07 Å². The molecule has 0 aliphatic rings. The zero-order chi connectivity index (χ0) is 19.7. The van der Waals surface area contributed by atoms with Gasteiger partial charge in [0.05, 0.1) is 21.3 Å². The van der Waals surface area contributed by atoms with E-state index in [0.717, 1.165) is 20.4 Å². The van der Waals surface area contributed by atoms with E-state index in [1.807, 2.05) is 48.5 Å². The largest absolute Gasteiger partial charge is 0.464 e. The number of fused-ring (bicyclic) bond motifs is 1. The van der Waals surface area contributed by atoms with Crippen molar-refractivity contribution in [1.29, 1.82) is 0 Å². The number of nitrogens with one attached hydrogen (secondary N) is 2. The van der Waals surface area contributed by atoms with Crippen molar-refractivity contribution in [3.63, 3.8) is 0 Å². The number of carbonyl (C=O) groups excluding carboxylic acids is 2. The van der Waals surface area contributed by atoms with E-state index in [1.165, 1.54) is 18.4 Å². The summed E-state index contributed by atoms with van der Waals surface area (Å²) in [7, 11) is 1.33. The van der Waals surface area contributed by atoms with Gasteiger partial charge in [0.2, 0.25) is 0 Å². The molecule has 4 aromatic rings. The van der Waals surface area contributed by atoms with E-state index in [-0.39, 0.29) is 11.6 Å². The van der Waals surface area contributed by atoms with Crippen molar-refractivity contribution < 1.29 is 14.3 Å². The van der Waals surface area contributed by atoms with Gasteiger partial charge in [0.1, 0.15) is 0 Å². The van der Waals surface area contributed by atoms with Crippen LogP contribution in [0.5, 0.6) is 0 Å². The van der Waals surface area contributed by atoms with Gasteiger partial charge in [0.25, 0.3) is 5.91 Å². The van der Waals surface area contributed by atoms with Crippen molar-refractivity contribution in [1.82, 2.24) is 10.2 Å². The Kier molecular flexibility index (Phi) is 4.97. The number of amides is 1. The van der Waals surface area contributed by atoms with Gasteiger partial charge in [-0.05, 0) is 63.5 Å². The van der Waals surface area contributed by atoms with Crippen LogP contribution in [-0.2, 0) is 4.74 Å². The number of methoxy groups -OCH3 is 1. The minimum atomic E-state index is -0.475.